The minimum atomic E-state index is -0.438. The fraction of sp³-hybridized carbons (Fsp3) is 0.562. The van der Waals surface area contributed by atoms with E-state index >= 15 is 0 Å². The summed E-state index contributed by atoms with van der Waals surface area (Å²) in [5.74, 6) is 1.23. The van der Waals surface area contributed by atoms with E-state index in [1.165, 1.54) is 0 Å². The number of ketones is 1. The number of rotatable bonds is 5. The van der Waals surface area contributed by atoms with Gasteiger partial charge in [0, 0.05) is 28.2 Å². The minimum absolute atomic E-state index is 0. The van der Waals surface area contributed by atoms with Crippen LogP contribution in [0.1, 0.15) is 63.9 Å². The van der Waals surface area contributed by atoms with E-state index in [1.54, 1.807) is 11.3 Å². The molecule has 0 amide bonds. The summed E-state index contributed by atoms with van der Waals surface area (Å²) in [5.41, 5.74) is 6.69. The molecule has 2 aromatic heterocycles. The van der Waals surface area contributed by atoms with Crippen molar-refractivity contribution in [2.24, 2.45) is 5.73 Å². The molecule has 126 valence electrons. The van der Waals surface area contributed by atoms with Crippen molar-refractivity contribution in [3.63, 3.8) is 0 Å². The number of nitrogens with two attached hydrogens (primary N) is 1. The molecule has 2 aromatic rings. The lowest BCUT2D eigenvalue weighted by molar-refractivity contribution is 0.0979. The fourth-order valence-electron chi connectivity index (χ4n) is 3.05. The number of aryl methyl sites for hydroxylation is 3. The van der Waals surface area contributed by atoms with Crippen LogP contribution in [0.15, 0.2) is 10.6 Å². The molecule has 3 rings (SSSR count). The molecule has 5 nitrogen and oxygen atoms in total. The van der Waals surface area contributed by atoms with E-state index < -0.39 is 5.54 Å². The average Bonchev–Trinajstić information content (AvgIpc) is 3.17. The zero-order chi connectivity index (χ0) is 15.7. The maximum Gasteiger partial charge on any atom is 0.227 e. The quantitative estimate of drug-likeness (QED) is 0.826. The van der Waals surface area contributed by atoms with Crippen LogP contribution in [0.4, 0.5) is 0 Å². The van der Waals surface area contributed by atoms with Gasteiger partial charge in [-0.05, 0) is 32.8 Å². The van der Waals surface area contributed by atoms with Gasteiger partial charge in [0.05, 0.1) is 5.54 Å². The Morgan fingerprint density at radius 3 is 2.70 bits per heavy atom. The van der Waals surface area contributed by atoms with Crippen LogP contribution in [-0.4, -0.2) is 15.9 Å². The Labute approximate surface area is 146 Å². The molecule has 0 radical (unpaired) electrons. The van der Waals surface area contributed by atoms with Crippen molar-refractivity contribution in [1.82, 2.24) is 10.1 Å². The predicted octanol–water partition coefficient (Wildman–Crippen LogP) is 3.71. The molecule has 0 unspecified atom stereocenters. The molecular weight excluding hydrogens is 334 g/mol. The Hall–Kier alpha value is -1.24. The van der Waals surface area contributed by atoms with Crippen LogP contribution in [0.5, 0.6) is 0 Å². The number of Topliss-reactive ketones (excluding diaryl/α,β-unsaturated/α-hetero) is 1. The Morgan fingerprint density at radius 2 is 2.09 bits per heavy atom. The lowest BCUT2D eigenvalue weighted by Gasteiger charge is -2.17. The SMILES string of the molecule is Cc1cc(C(=O)CCc2nc(C3(N)CCCC3)no2)c(C)s1.Cl. The highest BCUT2D eigenvalue weighted by Gasteiger charge is 2.35. The molecule has 7 heteroatoms. The predicted molar refractivity (Wildman–Crippen MR) is 92.3 cm³/mol. The van der Waals surface area contributed by atoms with E-state index in [0.717, 1.165) is 41.0 Å². The summed E-state index contributed by atoms with van der Waals surface area (Å²) in [4.78, 5) is 18.9. The molecule has 0 atom stereocenters. The number of carbonyl (C=O) groups excluding carboxylic acids is 1. The van der Waals surface area contributed by atoms with E-state index in [9.17, 15) is 4.79 Å². The first kappa shape index (κ1) is 18.1. The van der Waals surface area contributed by atoms with Crippen LogP contribution < -0.4 is 5.73 Å². The molecule has 0 spiro atoms. The monoisotopic (exact) mass is 355 g/mol. The number of nitrogens with zero attached hydrogens (tertiary/aromatic N) is 2. The maximum absolute atomic E-state index is 12.3. The molecule has 0 bridgehead atoms. The smallest absolute Gasteiger partial charge is 0.227 e. The van der Waals surface area contributed by atoms with Crippen LogP contribution >= 0.6 is 23.7 Å². The molecule has 0 saturated heterocycles. The van der Waals surface area contributed by atoms with Crippen LogP contribution in [0.25, 0.3) is 0 Å². The van der Waals surface area contributed by atoms with E-state index in [-0.39, 0.29) is 18.2 Å². The average molecular weight is 356 g/mol. The van der Waals surface area contributed by atoms with E-state index in [0.29, 0.717) is 24.6 Å². The zero-order valence-electron chi connectivity index (χ0n) is 13.4. The van der Waals surface area contributed by atoms with Crippen LogP contribution in [0, 0.1) is 13.8 Å². The standard InChI is InChI=1S/C16H21N3O2S.ClH/c1-10-9-12(11(2)22-10)13(20)5-6-14-18-15(19-21-14)16(17)7-3-4-8-16;/h9H,3-8,17H2,1-2H3;1H. The lowest BCUT2D eigenvalue weighted by Crippen LogP contribution is -2.34. The van der Waals surface area contributed by atoms with E-state index in [2.05, 4.69) is 10.1 Å². The Balaban J connectivity index is 0.00000192. The van der Waals surface area contributed by atoms with Crippen molar-refractivity contribution >= 4 is 29.5 Å². The van der Waals surface area contributed by atoms with Crippen molar-refractivity contribution in [3.8, 4) is 0 Å². The van der Waals surface area contributed by atoms with Gasteiger partial charge in [-0.1, -0.05) is 18.0 Å². The molecule has 2 N–H and O–H groups in total. The van der Waals surface area contributed by atoms with Crippen LogP contribution in [0.2, 0.25) is 0 Å². The van der Waals surface area contributed by atoms with Crippen molar-refractivity contribution < 1.29 is 9.32 Å². The third kappa shape index (κ3) is 3.82. The number of aromatic nitrogens is 2. The van der Waals surface area contributed by atoms with Gasteiger partial charge >= 0.3 is 0 Å². The lowest BCUT2D eigenvalue weighted by atomic mass is 9.99. The summed E-state index contributed by atoms with van der Waals surface area (Å²) >= 11 is 1.65. The molecule has 1 aliphatic carbocycles. The van der Waals surface area contributed by atoms with Crippen molar-refractivity contribution in [1.29, 1.82) is 0 Å². The highest BCUT2D eigenvalue weighted by molar-refractivity contribution is 7.12. The maximum atomic E-state index is 12.3. The van der Waals surface area contributed by atoms with Gasteiger partial charge in [0.2, 0.25) is 5.89 Å². The second-order valence-corrected chi connectivity index (χ2v) is 7.59. The Bertz CT molecular complexity index is 689. The summed E-state index contributed by atoms with van der Waals surface area (Å²) < 4.78 is 5.27. The molecule has 0 aromatic carbocycles. The molecule has 1 fully saturated rings. The highest BCUT2D eigenvalue weighted by Crippen LogP contribution is 2.34. The molecular formula is C16H22ClN3O2S. The van der Waals surface area contributed by atoms with Gasteiger partial charge in [-0.15, -0.1) is 23.7 Å². The number of halogens is 1. The number of hydrogen-bond acceptors (Lipinski definition) is 6. The van der Waals surface area contributed by atoms with Crippen LogP contribution in [-0.2, 0) is 12.0 Å². The van der Waals surface area contributed by atoms with Gasteiger partial charge < -0.3 is 10.3 Å². The fourth-order valence-corrected chi connectivity index (χ4v) is 3.99. The summed E-state index contributed by atoms with van der Waals surface area (Å²) in [6.45, 7) is 4.00. The third-order valence-electron chi connectivity index (χ3n) is 4.32. The van der Waals surface area contributed by atoms with Gasteiger partial charge in [-0.2, -0.15) is 4.98 Å². The summed E-state index contributed by atoms with van der Waals surface area (Å²) in [6, 6.07) is 1.95. The van der Waals surface area contributed by atoms with E-state index in [1.807, 2.05) is 19.9 Å². The summed E-state index contributed by atoms with van der Waals surface area (Å²) in [6.07, 6.45) is 4.87. The van der Waals surface area contributed by atoms with Gasteiger partial charge in [-0.3, -0.25) is 4.79 Å². The molecule has 1 saturated carbocycles. The third-order valence-corrected chi connectivity index (χ3v) is 5.28. The Kier molecular flexibility index (Phi) is 5.60. The molecule has 1 aliphatic rings. The second kappa shape index (κ2) is 7.11. The van der Waals surface area contributed by atoms with Crippen LogP contribution in [0.3, 0.4) is 0 Å². The van der Waals surface area contributed by atoms with Crippen molar-refractivity contribution in [2.45, 2.75) is 57.9 Å². The topological polar surface area (TPSA) is 82.0 Å². The second-order valence-electron chi connectivity index (χ2n) is 6.13. The number of hydrogen-bond donors (Lipinski definition) is 1. The van der Waals surface area contributed by atoms with Gasteiger partial charge in [0.1, 0.15) is 0 Å². The summed E-state index contributed by atoms with van der Waals surface area (Å²) in [7, 11) is 0. The minimum Gasteiger partial charge on any atom is -0.339 e. The Morgan fingerprint density at radius 1 is 1.39 bits per heavy atom. The van der Waals surface area contributed by atoms with Crippen molar-refractivity contribution in [2.75, 3.05) is 0 Å². The highest BCUT2D eigenvalue weighted by atomic mass is 35.5. The number of thiophene rings is 1. The van der Waals surface area contributed by atoms with Gasteiger partial charge in [-0.25, -0.2) is 0 Å². The molecule has 2 heterocycles. The number of carbonyl (C=O) groups is 1. The largest absolute Gasteiger partial charge is 0.339 e. The van der Waals surface area contributed by atoms with Gasteiger partial charge in [0.25, 0.3) is 0 Å². The van der Waals surface area contributed by atoms with Gasteiger partial charge in [0.15, 0.2) is 11.6 Å². The summed E-state index contributed by atoms with van der Waals surface area (Å²) in [5, 5.41) is 4.02. The molecule has 23 heavy (non-hydrogen) atoms. The first-order valence-corrected chi connectivity index (χ1v) is 8.52. The van der Waals surface area contributed by atoms with Crippen molar-refractivity contribution in [3.05, 3.63) is 33.1 Å². The normalized spacial score (nSPS) is 16.3. The molecule has 0 aliphatic heterocycles. The first-order chi connectivity index (χ1) is 10.5. The zero-order valence-corrected chi connectivity index (χ0v) is 15.1. The van der Waals surface area contributed by atoms with E-state index in [4.69, 9.17) is 10.3 Å². The first-order valence-electron chi connectivity index (χ1n) is 7.70.